The van der Waals surface area contributed by atoms with Crippen LogP contribution in [0.3, 0.4) is 0 Å². The average molecular weight is 224 g/mol. The van der Waals surface area contributed by atoms with Crippen molar-refractivity contribution in [3.63, 3.8) is 0 Å². The van der Waals surface area contributed by atoms with E-state index in [1.165, 1.54) is 5.56 Å². The number of rotatable bonds is 3. The third-order valence-corrected chi connectivity index (χ3v) is 2.79. The summed E-state index contributed by atoms with van der Waals surface area (Å²) in [6, 6.07) is 20.5. The van der Waals surface area contributed by atoms with Gasteiger partial charge in [-0.1, -0.05) is 60.7 Å². The molecule has 0 aromatic heterocycles. The molecule has 17 heavy (non-hydrogen) atoms. The Labute approximate surface area is 102 Å². The van der Waals surface area contributed by atoms with Crippen LogP contribution in [0.5, 0.6) is 0 Å². The average Bonchev–Trinajstić information content (AvgIpc) is 2.42. The largest absolute Gasteiger partial charge is 0.496 e. The van der Waals surface area contributed by atoms with E-state index in [0.29, 0.717) is 0 Å². The fraction of sp³-hybridized carbons (Fsp3) is 0.125. The topological polar surface area (TPSA) is 9.23 Å². The maximum Gasteiger partial charge on any atom is 0.129 e. The Hall–Kier alpha value is -2.02. The van der Waals surface area contributed by atoms with E-state index < -0.39 is 0 Å². The highest BCUT2D eigenvalue weighted by atomic mass is 16.5. The van der Waals surface area contributed by atoms with Gasteiger partial charge in [0.2, 0.25) is 0 Å². The summed E-state index contributed by atoms with van der Waals surface area (Å²) in [6.07, 6.45) is 0. The van der Waals surface area contributed by atoms with Crippen LogP contribution in [-0.2, 0) is 4.74 Å². The third-order valence-electron chi connectivity index (χ3n) is 2.79. The first kappa shape index (κ1) is 11.5. The minimum atomic E-state index is 0.928. The van der Waals surface area contributed by atoms with Gasteiger partial charge in [0.15, 0.2) is 0 Å². The molecule has 0 aliphatic rings. The Morgan fingerprint density at radius 2 is 1.24 bits per heavy atom. The number of allylic oxidation sites excluding steroid dienone is 1. The molecular weight excluding hydrogens is 208 g/mol. The van der Waals surface area contributed by atoms with Crippen molar-refractivity contribution in [2.45, 2.75) is 6.92 Å². The summed E-state index contributed by atoms with van der Waals surface area (Å²) < 4.78 is 5.53. The number of hydrogen-bond acceptors (Lipinski definition) is 1. The van der Waals surface area contributed by atoms with Crippen molar-refractivity contribution in [2.75, 3.05) is 7.11 Å². The van der Waals surface area contributed by atoms with Crippen molar-refractivity contribution in [1.82, 2.24) is 0 Å². The van der Waals surface area contributed by atoms with Gasteiger partial charge < -0.3 is 4.74 Å². The molecule has 0 saturated heterocycles. The van der Waals surface area contributed by atoms with Gasteiger partial charge in [-0.2, -0.15) is 0 Å². The molecule has 0 radical (unpaired) electrons. The maximum atomic E-state index is 5.53. The molecule has 0 amide bonds. The number of hydrogen-bond donors (Lipinski definition) is 0. The van der Waals surface area contributed by atoms with Crippen LogP contribution in [-0.4, -0.2) is 7.11 Å². The Balaban J connectivity index is 2.48. The highest BCUT2D eigenvalue weighted by Gasteiger charge is 2.07. The van der Waals surface area contributed by atoms with E-state index in [4.69, 9.17) is 4.74 Å². The fourth-order valence-corrected chi connectivity index (χ4v) is 1.90. The number of ether oxygens (including phenoxy) is 1. The third kappa shape index (κ3) is 2.56. The monoisotopic (exact) mass is 224 g/mol. The smallest absolute Gasteiger partial charge is 0.129 e. The van der Waals surface area contributed by atoms with Gasteiger partial charge in [-0.3, -0.25) is 0 Å². The summed E-state index contributed by atoms with van der Waals surface area (Å²) in [5.41, 5.74) is 3.45. The van der Waals surface area contributed by atoms with Gasteiger partial charge in [0.25, 0.3) is 0 Å². The van der Waals surface area contributed by atoms with E-state index in [2.05, 4.69) is 31.2 Å². The van der Waals surface area contributed by atoms with Gasteiger partial charge in [0.05, 0.1) is 7.11 Å². The summed E-state index contributed by atoms with van der Waals surface area (Å²) in [5, 5.41) is 0. The Morgan fingerprint density at radius 1 is 0.765 bits per heavy atom. The van der Waals surface area contributed by atoms with Gasteiger partial charge in [-0.25, -0.2) is 0 Å². The second kappa shape index (κ2) is 5.35. The van der Waals surface area contributed by atoms with E-state index in [1.54, 1.807) is 7.11 Å². The molecule has 86 valence electrons. The molecule has 2 rings (SSSR count). The standard InChI is InChI=1S/C16H16O/c1-13(14-9-5-3-6-10-14)16(17-2)15-11-7-4-8-12-15/h3-12H,1-2H3. The Morgan fingerprint density at radius 3 is 1.71 bits per heavy atom. The highest BCUT2D eigenvalue weighted by molar-refractivity contribution is 5.86. The quantitative estimate of drug-likeness (QED) is 0.560. The van der Waals surface area contributed by atoms with Gasteiger partial charge in [-0.15, -0.1) is 0 Å². The van der Waals surface area contributed by atoms with Crippen LogP contribution in [0.15, 0.2) is 60.7 Å². The highest BCUT2D eigenvalue weighted by Crippen LogP contribution is 2.26. The molecule has 0 aliphatic heterocycles. The molecule has 0 spiro atoms. The first-order chi connectivity index (χ1) is 8.33. The molecule has 2 aromatic rings. The molecule has 0 aliphatic carbocycles. The predicted molar refractivity (Wildman–Crippen MR) is 72.4 cm³/mol. The zero-order valence-corrected chi connectivity index (χ0v) is 10.2. The second-order valence-electron chi connectivity index (χ2n) is 3.89. The van der Waals surface area contributed by atoms with E-state index in [1.807, 2.05) is 36.4 Å². The Bertz CT molecular complexity index is 498. The first-order valence-corrected chi connectivity index (χ1v) is 5.68. The molecule has 2 aromatic carbocycles. The zero-order valence-electron chi connectivity index (χ0n) is 10.2. The Kier molecular flexibility index (Phi) is 3.61. The lowest BCUT2D eigenvalue weighted by Gasteiger charge is -2.11. The van der Waals surface area contributed by atoms with Crippen LogP contribution >= 0.6 is 0 Å². The minimum absolute atomic E-state index is 0.928. The van der Waals surface area contributed by atoms with Crippen LogP contribution in [0, 0.1) is 0 Å². The lowest BCUT2D eigenvalue weighted by molar-refractivity contribution is 0.371. The van der Waals surface area contributed by atoms with Crippen LogP contribution in [0.1, 0.15) is 18.1 Å². The van der Waals surface area contributed by atoms with Gasteiger partial charge >= 0.3 is 0 Å². The number of methoxy groups -OCH3 is 1. The lowest BCUT2D eigenvalue weighted by atomic mass is 10.0. The SMILES string of the molecule is COC(=C(C)c1ccccc1)c1ccccc1. The first-order valence-electron chi connectivity index (χ1n) is 5.68. The molecule has 0 saturated carbocycles. The molecular formula is C16H16O. The summed E-state index contributed by atoms with van der Waals surface area (Å²) in [5.74, 6) is 0.928. The summed E-state index contributed by atoms with van der Waals surface area (Å²) in [4.78, 5) is 0. The van der Waals surface area contributed by atoms with E-state index in [-0.39, 0.29) is 0 Å². The molecule has 1 heteroatoms. The van der Waals surface area contributed by atoms with Crippen molar-refractivity contribution >= 4 is 11.3 Å². The van der Waals surface area contributed by atoms with Gasteiger partial charge in [0.1, 0.15) is 5.76 Å². The van der Waals surface area contributed by atoms with Crippen LogP contribution in [0.2, 0.25) is 0 Å². The van der Waals surface area contributed by atoms with Crippen LogP contribution < -0.4 is 0 Å². The predicted octanol–water partition coefficient (Wildman–Crippen LogP) is 4.22. The van der Waals surface area contributed by atoms with Crippen molar-refractivity contribution in [3.05, 3.63) is 71.8 Å². The molecule has 0 N–H and O–H groups in total. The normalized spacial score (nSPS) is 11.9. The van der Waals surface area contributed by atoms with Crippen LogP contribution in [0.4, 0.5) is 0 Å². The lowest BCUT2D eigenvalue weighted by Crippen LogP contribution is -1.91. The van der Waals surface area contributed by atoms with Crippen molar-refractivity contribution < 1.29 is 4.74 Å². The number of benzene rings is 2. The molecule has 0 bridgehead atoms. The van der Waals surface area contributed by atoms with Crippen molar-refractivity contribution in [3.8, 4) is 0 Å². The molecule has 0 atom stereocenters. The van der Waals surface area contributed by atoms with Crippen molar-refractivity contribution in [1.29, 1.82) is 0 Å². The van der Waals surface area contributed by atoms with E-state index >= 15 is 0 Å². The zero-order chi connectivity index (χ0) is 12.1. The molecule has 0 unspecified atom stereocenters. The van der Waals surface area contributed by atoms with E-state index in [9.17, 15) is 0 Å². The summed E-state index contributed by atoms with van der Waals surface area (Å²) in [6.45, 7) is 2.08. The fourth-order valence-electron chi connectivity index (χ4n) is 1.90. The van der Waals surface area contributed by atoms with Crippen molar-refractivity contribution in [2.24, 2.45) is 0 Å². The molecule has 1 nitrogen and oxygen atoms in total. The summed E-state index contributed by atoms with van der Waals surface area (Å²) >= 11 is 0. The maximum absolute atomic E-state index is 5.53. The molecule has 0 heterocycles. The second-order valence-corrected chi connectivity index (χ2v) is 3.89. The van der Waals surface area contributed by atoms with Crippen LogP contribution in [0.25, 0.3) is 11.3 Å². The van der Waals surface area contributed by atoms with Gasteiger partial charge in [0, 0.05) is 5.56 Å². The summed E-state index contributed by atoms with van der Waals surface area (Å²) in [7, 11) is 1.72. The van der Waals surface area contributed by atoms with E-state index in [0.717, 1.165) is 16.9 Å². The van der Waals surface area contributed by atoms with Gasteiger partial charge in [-0.05, 0) is 18.1 Å². The molecule has 0 fully saturated rings. The minimum Gasteiger partial charge on any atom is -0.496 e.